The molecule has 0 spiro atoms. The highest BCUT2D eigenvalue weighted by atomic mass is 32.2. The van der Waals surface area contributed by atoms with Gasteiger partial charge >= 0.3 is 0 Å². The molecule has 1 heterocycles. The number of rotatable bonds is 7. The summed E-state index contributed by atoms with van der Waals surface area (Å²) in [5.74, 6) is 0.789. The van der Waals surface area contributed by atoms with Gasteiger partial charge in [-0.05, 0) is 68.9 Å². The molecule has 0 atom stereocenters. The van der Waals surface area contributed by atoms with Crippen molar-refractivity contribution in [3.63, 3.8) is 0 Å². The molecule has 2 fully saturated rings. The zero-order chi connectivity index (χ0) is 21.6. The van der Waals surface area contributed by atoms with Gasteiger partial charge < -0.3 is 9.30 Å². The quantitative estimate of drug-likeness (QED) is 0.581. The Morgan fingerprint density at radius 3 is 2.45 bits per heavy atom. The Morgan fingerprint density at radius 2 is 1.87 bits per heavy atom. The molecular weight excluding hydrogens is 410 g/mol. The lowest BCUT2D eigenvalue weighted by Crippen LogP contribution is -2.25. The summed E-state index contributed by atoms with van der Waals surface area (Å²) in [7, 11) is -3.51. The van der Waals surface area contributed by atoms with Crippen molar-refractivity contribution in [2.45, 2.75) is 56.0 Å². The van der Waals surface area contributed by atoms with E-state index in [9.17, 15) is 13.7 Å². The maximum atomic E-state index is 12.5. The third-order valence-electron chi connectivity index (χ3n) is 6.18. The molecule has 0 amide bonds. The highest BCUT2D eigenvalue weighted by molar-refractivity contribution is 7.89. The van der Waals surface area contributed by atoms with Crippen LogP contribution in [-0.2, 0) is 10.0 Å². The van der Waals surface area contributed by atoms with Crippen molar-refractivity contribution in [1.29, 1.82) is 5.26 Å². The van der Waals surface area contributed by atoms with Crippen molar-refractivity contribution in [3.8, 4) is 23.1 Å². The molecule has 0 saturated heterocycles. The number of sulfonamides is 1. The minimum Gasteiger partial charge on any atom is -0.494 e. The summed E-state index contributed by atoms with van der Waals surface area (Å²) < 4.78 is 35.8. The number of fused-ring (bicyclic) bond motifs is 1. The van der Waals surface area contributed by atoms with Crippen LogP contribution in [0, 0.1) is 11.3 Å². The Labute approximate surface area is 182 Å². The van der Waals surface area contributed by atoms with Crippen LogP contribution in [-0.4, -0.2) is 25.6 Å². The van der Waals surface area contributed by atoms with E-state index in [2.05, 4.69) is 15.4 Å². The Hall–Kier alpha value is -2.82. The Bertz CT molecular complexity index is 1280. The Kier molecular flexibility index (Phi) is 4.99. The van der Waals surface area contributed by atoms with E-state index in [4.69, 9.17) is 4.74 Å². The molecule has 2 aliphatic rings. The van der Waals surface area contributed by atoms with E-state index >= 15 is 0 Å². The van der Waals surface area contributed by atoms with Crippen molar-refractivity contribution >= 4 is 20.9 Å². The summed E-state index contributed by atoms with van der Waals surface area (Å²) in [6.45, 7) is 2.54. The second kappa shape index (κ2) is 7.70. The molecule has 7 heteroatoms. The van der Waals surface area contributed by atoms with E-state index in [1.54, 1.807) is 12.1 Å². The topological polar surface area (TPSA) is 84.1 Å². The van der Waals surface area contributed by atoms with Gasteiger partial charge in [0.15, 0.2) is 0 Å². The van der Waals surface area contributed by atoms with Crippen LogP contribution in [0.1, 0.15) is 50.6 Å². The van der Waals surface area contributed by atoms with Crippen LogP contribution in [0.3, 0.4) is 0 Å². The SMILES string of the molecule is CCOc1ccc2c(C#N)c(-c3ccc(S(=O)(=O)NC4CC4)cc3)n(C3CCC3)c2c1. The second-order valence-corrected chi connectivity index (χ2v) is 10.0. The normalized spacial score (nSPS) is 16.8. The van der Waals surface area contributed by atoms with Crippen molar-refractivity contribution < 1.29 is 13.2 Å². The summed E-state index contributed by atoms with van der Waals surface area (Å²) in [6, 6.07) is 15.6. The monoisotopic (exact) mass is 435 g/mol. The van der Waals surface area contributed by atoms with E-state index in [-0.39, 0.29) is 10.9 Å². The first-order valence-corrected chi connectivity index (χ1v) is 12.3. The first-order valence-electron chi connectivity index (χ1n) is 10.9. The van der Waals surface area contributed by atoms with Gasteiger partial charge in [-0.25, -0.2) is 13.1 Å². The molecule has 0 bridgehead atoms. The third kappa shape index (κ3) is 3.60. The predicted molar refractivity (Wildman–Crippen MR) is 119 cm³/mol. The van der Waals surface area contributed by atoms with Crippen LogP contribution in [0.25, 0.3) is 22.2 Å². The Balaban J connectivity index is 1.64. The number of nitrogens with one attached hydrogen (secondary N) is 1. The number of ether oxygens (including phenoxy) is 1. The predicted octanol–water partition coefficient (Wildman–Crippen LogP) is 4.74. The second-order valence-electron chi connectivity index (χ2n) is 8.32. The number of aromatic nitrogens is 1. The maximum absolute atomic E-state index is 12.5. The smallest absolute Gasteiger partial charge is 0.240 e. The molecule has 31 heavy (non-hydrogen) atoms. The molecule has 0 unspecified atom stereocenters. The molecule has 1 N–H and O–H groups in total. The zero-order valence-corrected chi connectivity index (χ0v) is 18.3. The fourth-order valence-corrected chi connectivity index (χ4v) is 5.55. The van der Waals surface area contributed by atoms with Crippen molar-refractivity contribution in [3.05, 3.63) is 48.0 Å². The van der Waals surface area contributed by atoms with Gasteiger partial charge in [-0.3, -0.25) is 0 Å². The lowest BCUT2D eigenvalue weighted by molar-refractivity contribution is 0.322. The molecule has 6 nitrogen and oxygen atoms in total. The lowest BCUT2D eigenvalue weighted by Gasteiger charge is -2.30. The van der Waals surface area contributed by atoms with Crippen molar-refractivity contribution in [2.24, 2.45) is 0 Å². The van der Waals surface area contributed by atoms with E-state index < -0.39 is 10.0 Å². The lowest BCUT2D eigenvalue weighted by atomic mass is 9.92. The summed E-state index contributed by atoms with van der Waals surface area (Å²) in [4.78, 5) is 0.256. The van der Waals surface area contributed by atoms with Gasteiger partial charge in [0.25, 0.3) is 0 Å². The molecule has 160 valence electrons. The van der Waals surface area contributed by atoms with Gasteiger partial charge in [0.05, 0.1) is 28.3 Å². The molecule has 5 rings (SSSR count). The van der Waals surface area contributed by atoms with Gasteiger partial charge in [0.1, 0.15) is 11.8 Å². The van der Waals surface area contributed by atoms with Gasteiger partial charge in [-0.2, -0.15) is 5.26 Å². The van der Waals surface area contributed by atoms with Crippen LogP contribution < -0.4 is 9.46 Å². The van der Waals surface area contributed by atoms with Crippen LogP contribution in [0.4, 0.5) is 0 Å². The number of nitrogens with zero attached hydrogens (tertiary/aromatic N) is 2. The molecular formula is C24H25N3O3S. The average molecular weight is 436 g/mol. The minimum atomic E-state index is -3.51. The number of hydrogen-bond donors (Lipinski definition) is 1. The van der Waals surface area contributed by atoms with Gasteiger partial charge in [-0.1, -0.05) is 12.1 Å². The highest BCUT2D eigenvalue weighted by Gasteiger charge is 2.30. The fraction of sp³-hybridized carbons (Fsp3) is 0.375. The summed E-state index contributed by atoms with van der Waals surface area (Å²) in [6.07, 6.45) is 5.10. The third-order valence-corrected chi connectivity index (χ3v) is 7.71. The van der Waals surface area contributed by atoms with E-state index in [1.165, 1.54) is 6.42 Å². The average Bonchev–Trinajstić information content (AvgIpc) is 3.47. The largest absolute Gasteiger partial charge is 0.494 e. The molecule has 2 aromatic carbocycles. The standard InChI is InChI=1S/C24H25N3O3S/c1-2-30-19-10-13-21-22(15-25)24(27(23(21)14-19)18-4-3-5-18)16-6-11-20(12-7-16)31(28,29)26-17-8-9-17/h6-7,10-14,17-18,26H,2-5,8-9H2,1H3. The maximum Gasteiger partial charge on any atom is 0.240 e. The van der Waals surface area contributed by atoms with E-state index in [0.29, 0.717) is 18.2 Å². The van der Waals surface area contributed by atoms with E-state index in [1.807, 2.05) is 37.3 Å². The Morgan fingerprint density at radius 1 is 1.13 bits per heavy atom. The molecule has 2 saturated carbocycles. The van der Waals surface area contributed by atoms with Gasteiger partial charge in [0, 0.05) is 23.5 Å². The van der Waals surface area contributed by atoms with Crippen molar-refractivity contribution in [1.82, 2.24) is 9.29 Å². The van der Waals surface area contributed by atoms with Crippen molar-refractivity contribution in [2.75, 3.05) is 6.61 Å². The summed E-state index contributed by atoms with van der Waals surface area (Å²) in [5, 5.41) is 10.9. The van der Waals surface area contributed by atoms with Crippen LogP contribution in [0.15, 0.2) is 47.4 Å². The zero-order valence-electron chi connectivity index (χ0n) is 17.5. The summed E-state index contributed by atoms with van der Waals surface area (Å²) in [5.41, 5.74) is 3.32. The van der Waals surface area contributed by atoms with Gasteiger partial charge in [0.2, 0.25) is 10.0 Å². The molecule has 3 aromatic rings. The summed E-state index contributed by atoms with van der Waals surface area (Å²) >= 11 is 0. The molecule has 0 radical (unpaired) electrons. The molecule has 2 aliphatic carbocycles. The highest BCUT2D eigenvalue weighted by Crippen LogP contribution is 2.43. The molecule has 1 aromatic heterocycles. The van der Waals surface area contributed by atoms with E-state index in [0.717, 1.165) is 53.6 Å². The van der Waals surface area contributed by atoms with Crippen LogP contribution in [0.5, 0.6) is 5.75 Å². The first-order chi connectivity index (χ1) is 15.0. The van der Waals surface area contributed by atoms with Crippen LogP contribution >= 0.6 is 0 Å². The number of benzene rings is 2. The fourth-order valence-electron chi connectivity index (χ4n) is 4.25. The number of hydrogen-bond acceptors (Lipinski definition) is 4. The van der Waals surface area contributed by atoms with Gasteiger partial charge in [-0.15, -0.1) is 0 Å². The minimum absolute atomic E-state index is 0.0653. The number of nitriles is 1. The first kappa shape index (κ1) is 20.1. The molecule has 0 aliphatic heterocycles. The van der Waals surface area contributed by atoms with Crippen LogP contribution in [0.2, 0.25) is 0 Å².